The number of carbonyl (C=O) groups excluding carboxylic acids is 1. The summed E-state index contributed by atoms with van der Waals surface area (Å²) < 4.78 is 5.65. The third kappa shape index (κ3) is 2.43. The Morgan fingerprint density at radius 2 is 2.39 bits per heavy atom. The Kier molecular flexibility index (Phi) is 4.07. The monoisotopic (exact) mass is 250 g/mol. The second-order valence-electron chi connectivity index (χ2n) is 4.92. The molecular weight excluding hydrogens is 228 g/mol. The summed E-state index contributed by atoms with van der Waals surface area (Å²) in [7, 11) is 1.92. The van der Waals surface area contributed by atoms with Crippen LogP contribution in [0, 0.1) is 6.92 Å². The molecule has 1 fully saturated rings. The van der Waals surface area contributed by atoms with Crippen LogP contribution >= 0.6 is 0 Å². The maximum Gasteiger partial charge on any atom is 0.289 e. The molecule has 0 bridgehead atoms. The number of likely N-dealkylation sites (N-methyl/N-ethyl adjacent to an activating group) is 1. The average molecular weight is 250 g/mol. The van der Waals surface area contributed by atoms with Gasteiger partial charge in [-0.2, -0.15) is 0 Å². The van der Waals surface area contributed by atoms with E-state index >= 15 is 0 Å². The highest BCUT2D eigenvalue weighted by atomic mass is 16.4. The molecular formula is C14H22N2O2. The summed E-state index contributed by atoms with van der Waals surface area (Å²) >= 11 is 0. The maximum absolute atomic E-state index is 12.4. The summed E-state index contributed by atoms with van der Waals surface area (Å²) in [6.45, 7) is 5.73. The van der Waals surface area contributed by atoms with Gasteiger partial charge < -0.3 is 14.6 Å². The number of nitrogens with one attached hydrogen (secondary N) is 1. The van der Waals surface area contributed by atoms with Crippen molar-refractivity contribution in [3.8, 4) is 0 Å². The smallest absolute Gasteiger partial charge is 0.289 e. The average Bonchev–Trinajstić information content (AvgIpc) is 2.95. The predicted molar refractivity (Wildman–Crippen MR) is 70.8 cm³/mol. The van der Waals surface area contributed by atoms with E-state index in [1.165, 1.54) is 0 Å². The van der Waals surface area contributed by atoms with E-state index in [0.29, 0.717) is 11.8 Å². The second-order valence-corrected chi connectivity index (χ2v) is 4.92. The van der Waals surface area contributed by atoms with Gasteiger partial charge in [0.2, 0.25) is 0 Å². The van der Waals surface area contributed by atoms with Crippen LogP contribution < -0.4 is 5.32 Å². The van der Waals surface area contributed by atoms with Crippen molar-refractivity contribution in [2.45, 2.75) is 39.2 Å². The molecule has 2 rings (SSSR count). The lowest BCUT2D eigenvalue weighted by Crippen LogP contribution is -2.40. The third-order valence-electron chi connectivity index (χ3n) is 3.63. The number of carbonyl (C=O) groups is 1. The number of likely N-dealkylation sites (tertiary alicyclic amines) is 1. The van der Waals surface area contributed by atoms with E-state index in [0.717, 1.165) is 43.7 Å². The first kappa shape index (κ1) is 13.1. The van der Waals surface area contributed by atoms with E-state index in [9.17, 15) is 4.79 Å². The standard InChI is InChI=1S/C14H22N2O2/c1-4-12-10(2)8-13(18-12)14(17)16-7-5-6-11(16)9-15-3/h8,11,15H,4-7,9H2,1-3H3. The highest BCUT2D eigenvalue weighted by molar-refractivity contribution is 5.92. The van der Waals surface area contributed by atoms with Crippen LogP contribution in [0.2, 0.25) is 0 Å². The Bertz CT molecular complexity index is 425. The molecule has 1 aliphatic rings. The normalized spacial score (nSPS) is 19.5. The molecule has 1 aliphatic heterocycles. The summed E-state index contributed by atoms with van der Waals surface area (Å²) in [5.41, 5.74) is 1.07. The van der Waals surface area contributed by atoms with E-state index in [-0.39, 0.29) is 5.91 Å². The maximum atomic E-state index is 12.4. The predicted octanol–water partition coefficient (Wildman–Crippen LogP) is 1.97. The van der Waals surface area contributed by atoms with Gasteiger partial charge in [0.1, 0.15) is 5.76 Å². The number of furan rings is 1. The molecule has 1 amide bonds. The van der Waals surface area contributed by atoms with Crippen molar-refractivity contribution in [3.05, 3.63) is 23.2 Å². The number of nitrogens with zero attached hydrogens (tertiary/aromatic N) is 1. The molecule has 0 aliphatic carbocycles. The Hall–Kier alpha value is -1.29. The van der Waals surface area contributed by atoms with Crippen LogP contribution in [0.3, 0.4) is 0 Å². The minimum absolute atomic E-state index is 0.0375. The van der Waals surface area contributed by atoms with Gasteiger partial charge in [0.05, 0.1) is 0 Å². The van der Waals surface area contributed by atoms with Crippen LogP contribution in [0.1, 0.15) is 41.6 Å². The van der Waals surface area contributed by atoms with Gasteiger partial charge in [-0.3, -0.25) is 4.79 Å². The molecule has 1 aromatic rings. The van der Waals surface area contributed by atoms with Crippen LogP contribution in [0.5, 0.6) is 0 Å². The minimum Gasteiger partial charge on any atom is -0.456 e. The molecule has 0 aromatic carbocycles. The molecule has 18 heavy (non-hydrogen) atoms. The zero-order valence-corrected chi connectivity index (χ0v) is 11.5. The van der Waals surface area contributed by atoms with Gasteiger partial charge in [0.15, 0.2) is 5.76 Å². The Morgan fingerprint density at radius 3 is 3.00 bits per heavy atom. The largest absolute Gasteiger partial charge is 0.456 e. The zero-order valence-electron chi connectivity index (χ0n) is 11.5. The first-order valence-electron chi connectivity index (χ1n) is 6.72. The summed E-state index contributed by atoms with van der Waals surface area (Å²) in [5.74, 6) is 1.45. The Labute approximate surface area is 108 Å². The van der Waals surface area contributed by atoms with Gasteiger partial charge in [0, 0.05) is 25.6 Å². The summed E-state index contributed by atoms with van der Waals surface area (Å²) in [4.78, 5) is 14.4. The molecule has 100 valence electrons. The highest BCUT2D eigenvalue weighted by Crippen LogP contribution is 2.22. The van der Waals surface area contributed by atoms with Crippen LogP contribution in [0.15, 0.2) is 10.5 Å². The van der Waals surface area contributed by atoms with Crippen molar-refractivity contribution < 1.29 is 9.21 Å². The molecule has 1 atom stereocenters. The summed E-state index contributed by atoms with van der Waals surface area (Å²) in [6.07, 6.45) is 2.99. The van der Waals surface area contributed by atoms with E-state index in [4.69, 9.17) is 4.42 Å². The van der Waals surface area contributed by atoms with Crippen molar-refractivity contribution in [2.75, 3.05) is 20.1 Å². The molecule has 0 spiro atoms. The van der Waals surface area contributed by atoms with Gasteiger partial charge in [-0.25, -0.2) is 0 Å². The highest BCUT2D eigenvalue weighted by Gasteiger charge is 2.30. The number of amides is 1. The van der Waals surface area contributed by atoms with Crippen molar-refractivity contribution in [1.82, 2.24) is 10.2 Å². The van der Waals surface area contributed by atoms with Crippen molar-refractivity contribution in [1.29, 1.82) is 0 Å². The number of rotatable bonds is 4. The molecule has 2 heterocycles. The molecule has 1 aromatic heterocycles. The molecule has 4 heteroatoms. The fraction of sp³-hybridized carbons (Fsp3) is 0.643. The van der Waals surface area contributed by atoms with Gasteiger partial charge in [-0.05, 0) is 38.4 Å². The fourth-order valence-electron chi connectivity index (χ4n) is 2.67. The zero-order chi connectivity index (χ0) is 13.1. The van der Waals surface area contributed by atoms with Gasteiger partial charge in [-0.1, -0.05) is 6.92 Å². The lowest BCUT2D eigenvalue weighted by Gasteiger charge is -2.23. The number of hydrogen-bond donors (Lipinski definition) is 1. The quantitative estimate of drug-likeness (QED) is 0.888. The Balaban J connectivity index is 2.14. The number of hydrogen-bond acceptors (Lipinski definition) is 3. The van der Waals surface area contributed by atoms with E-state index in [2.05, 4.69) is 5.32 Å². The minimum atomic E-state index is 0.0375. The first-order chi connectivity index (χ1) is 8.67. The van der Waals surface area contributed by atoms with Gasteiger partial charge in [-0.15, -0.1) is 0 Å². The molecule has 4 nitrogen and oxygen atoms in total. The molecule has 0 saturated carbocycles. The molecule has 1 N–H and O–H groups in total. The fourth-order valence-corrected chi connectivity index (χ4v) is 2.67. The molecule has 0 radical (unpaired) electrons. The number of aryl methyl sites for hydroxylation is 2. The lowest BCUT2D eigenvalue weighted by atomic mass is 10.2. The Morgan fingerprint density at radius 1 is 1.61 bits per heavy atom. The second kappa shape index (κ2) is 5.57. The molecule has 1 unspecified atom stereocenters. The van der Waals surface area contributed by atoms with E-state index in [1.54, 1.807) is 0 Å². The van der Waals surface area contributed by atoms with E-state index < -0.39 is 0 Å². The van der Waals surface area contributed by atoms with Crippen LogP contribution in [0.25, 0.3) is 0 Å². The van der Waals surface area contributed by atoms with Crippen molar-refractivity contribution >= 4 is 5.91 Å². The molecule has 1 saturated heterocycles. The topological polar surface area (TPSA) is 45.5 Å². The SMILES string of the molecule is CCc1oc(C(=O)N2CCCC2CNC)cc1C. The third-order valence-corrected chi connectivity index (χ3v) is 3.63. The lowest BCUT2D eigenvalue weighted by molar-refractivity contribution is 0.0703. The van der Waals surface area contributed by atoms with Gasteiger partial charge in [0.25, 0.3) is 5.91 Å². The summed E-state index contributed by atoms with van der Waals surface area (Å²) in [6, 6.07) is 2.17. The van der Waals surface area contributed by atoms with Crippen molar-refractivity contribution in [3.63, 3.8) is 0 Å². The summed E-state index contributed by atoms with van der Waals surface area (Å²) in [5, 5.41) is 3.15. The van der Waals surface area contributed by atoms with Crippen LogP contribution in [-0.2, 0) is 6.42 Å². The first-order valence-corrected chi connectivity index (χ1v) is 6.72. The van der Waals surface area contributed by atoms with Crippen LogP contribution in [0.4, 0.5) is 0 Å². The van der Waals surface area contributed by atoms with Crippen LogP contribution in [-0.4, -0.2) is 37.0 Å². The van der Waals surface area contributed by atoms with Crippen molar-refractivity contribution in [2.24, 2.45) is 0 Å². The van der Waals surface area contributed by atoms with Gasteiger partial charge >= 0.3 is 0 Å². The van der Waals surface area contributed by atoms with E-state index in [1.807, 2.05) is 31.9 Å².